The molecule has 168 valence electrons. The molecule has 0 unspecified atom stereocenters. The minimum absolute atomic E-state index is 0.271. The Labute approximate surface area is 196 Å². The molecule has 0 amide bonds. The molecule has 9 heteroatoms. The zero-order chi connectivity index (χ0) is 21.9. The Bertz CT molecular complexity index is 1080. The summed E-state index contributed by atoms with van der Waals surface area (Å²) in [6.07, 6.45) is 12.2. The van der Waals surface area contributed by atoms with Gasteiger partial charge in [0.25, 0.3) is 0 Å². The van der Waals surface area contributed by atoms with Crippen LogP contribution in [0.2, 0.25) is 4.34 Å². The average molecular weight is 472 g/mol. The van der Waals surface area contributed by atoms with E-state index in [-0.39, 0.29) is 6.10 Å². The minimum atomic E-state index is 0.271. The van der Waals surface area contributed by atoms with Gasteiger partial charge in [-0.15, -0.1) is 11.3 Å². The van der Waals surface area contributed by atoms with Gasteiger partial charge >= 0.3 is 0 Å². The van der Waals surface area contributed by atoms with Crippen molar-refractivity contribution in [1.82, 2.24) is 19.9 Å². The van der Waals surface area contributed by atoms with Gasteiger partial charge in [-0.3, -0.25) is 0 Å². The van der Waals surface area contributed by atoms with Crippen molar-refractivity contribution in [2.45, 2.75) is 70.6 Å². The number of nitrogens with zero attached hydrogens (tertiary/aromatic N) is 4. The van der Waals surface area contributed by atoms with E-state index in [1.165, 1.54) is 30.6 Å². The van der Waals surface area contributed by atoms with Crippen molar-refractivity contribution in [2.24, 2.45) is 0 Å². The zero-order valence-corrected chi connectivity index (χ0v) is 19.6. The fourth-order valence-corrected chi connectivity index (χ4v) is 4.99. The van der Waals surface area contributed by atoms with Gasteiger partial charge < -0.3 is 14.8 Å². The monoisotopic (exact) mass is 471 g/mol. The van der Waals surface area contributed by atoms with E-state index in [1.807, 2.05) is 13.0 Å². The van der Waals surface area contributed by atoms with E-state index in [4.69, 9.17) is 26.1 Å². The van der Waals surface area contributed by atoms with Gasteiger partial charge in [0.1, 0.15) is 6.10 Å². The molecule has 3 aromatic heterocycles. The van der Waals surface area contributed by atoms with E-state index in [0.717, 1.165) is 47.6 Å². The number of thiophene rings is 1. The van der Waals surface area contributed by atoms with E-state index in [2.05, 4.69) is 20.3 Å². The number of ether oxygens (including phenoxy) is 2. The van der Waals surface area contributed by atoms with Crippen LogP contribution in [0.4, 0.5) is 5.95 Å². The largest absolute Gasteiger partial charge is 0.487 e. The van der Waals surface area contributed by atoms with Crippen LogP contribution in [0, 0.1) is 6.92 Å². The van der Waals surface area contributed by atoms with E-state index in [0.29, 0.717) is 34.6 Å². The molecule has 0 radical (unpaired) electrons. The van der Waals surface area contributed by atoms with Crippen molar-refractivity contribution in [2.75, 3.05) is 5.32 Å². The lowest BCUT2D eigenvalue weighted by molar-refractivity contribution is 0.152. The van der Waals surface area contributed by atoms with Crippen molar-refractivity contribution >= 4 is 28.9 Å². The zero-order valence-electron chi connectivity index (χ0n) is 18.0. The van der Waals surface area contributed by atoms with Gasteiger partial charge in [0, 0.05) is 18.8 Å². The molecule has 2 fully saturated rings. The molecule has 0 bridgehead atoms. The van der Waals surface area contributed by atoms with Crippen LogP contribution in [0.15, 0.2) is 24.5 Å². The first kappa shape index (κ1) is 21.4. The maximum Gasteiger partial charge on any atom is 0.226 e. The summed E-state index contributed by atoms with van der Waals surface area (Å²) in [6, 6.07) is 3.72. The van der Waals surface area contributed by atoms with Crippen LogP contribution in [-0.2, 0) is 6.54 Å². The van der Waals surface area contributed by atoms with E-state index >= 15 is 0 Å². The number of hydrogen-bond acceptors (Lipinski definition) is 8. The number of hydrogen-bond donors (Lipinski definition) is 1. The number of anilines is 1. The molecule has 0 spiro atoms. The molecule has 0 aromatic carbocycles. The summed E-state index contributed by atoms with van der Waals surface area (Å²) in [4.78, 5) is 19.0. The van der Waals surface area contributed by atoms with Crippen LogP contribution >= 0.6 is 22.9 Å². The van der Waals surface area contributed by atoms with Gasteiger partial charge in [0.05, 0.1) is 27.2 Å². The summed E-state index contributed by atoms with van der Waals surface area (Å²) >= 11 is 7.81. The topological polar surface area (TPSA) is 82.1 Å². The van der Waals surface area contributed by atoms with Crippen LogP contribution < -0.4 is 14.8 Å². The summed E-state index contributed by atoms with van der Waals surface area (Å²) in [5, 5.41) is 3.26. The molecule has 1 N–H and O–H groups in total. The van der Waals surface area contributed by atoms with Crippen molar-refractivity contribution in [1.29, 1.82) is 0 Å². The van der Waals surface area contributed by atoms with Crippen molar-refractivity contribution in [3.8, 4) is 22.3 Å². The number of aromatic nitrogens is 4. The highest BCUT2D eigenvalue weighted by atomic mass is 35.5. The molecule has 32 heavy (non-hydrogen) atoms. The summed E-state index contributed by atoms with van der Waals surface area (Å²) in [5.74, 6) is 2.54. The lowest BCUT2D eigenvalue weighted by Crippen LogP contribution is -2.20. The molecule has 7 nitrogen and oxygen atoms in total. The lowest BCUT2D eigenvalue weighted by Gasteiger charge is -2.23. The molecule has 2 aliphatic rings. The molecular weight excluding hydrogens is 446 g/mol. The maximum absolute atomic E-state index is 6.35. The van der Waals surface area contributed by atoms with Crippen molar-refractivity contribution in [3.63, 3.8) is 0 Å². The summed E-state index contributed by atoms with van der Waals surface area (Å²) in [6.45, 7) is 2.48. The second-order valence-electron chi connectivity index (χ2n) is 8.32. The Hall–Kier alpha value is -2.45. The Kier molecular flexibility index (Phi) is 6.41. The molecule has 3 aromatic rings. The summed E-state index contributed by atoms with van der Waals surface area (Å²) in [5.41, 5.74) is 1.84. The van der Waals surface area contributed by atoms with Crippen LogP contribution in [-0.4, -0.2) is 32.1 Å². The van der Waals surface area contributed by atoms with E-state index < -0.39 is 0 Å². The molecular formula is C23H26ClN5O2S. The Morgan fingerprint density at radius 3 is 2.66 bits per heavy atom. The van der Waals surface area contributed by atoms with Gasteiger partial charge in [-0.2, -0.15) is 4.98 Å². The van der Waals surface area contributed by atoms with Crippen LogP contribution in [0.5, 0.6) is 11.6 Å². The number of halogens is 1. The molecule has 0 aliphatic heterocycles. The summed E-state index contributed by atoms with van der Waals surface area (Å²) < 4.78 is 12.6. The number of nitrogens with one attached hydrogen (secondary N) is 1. The van der Waals surface area contributed by atoms with Crippen molar-refractivity contribution in [3.05, 3.63) is 40.1 Å². The van der Waals surface area contributed by atoms with Crippen LogP contribution in [0.1, 0.15) is 56.2 Å². The first-order chi connectivity index (χ1) is 15.6. The highest BCUT2D eigenvalue weighted by Gasteiger charge is 2.24. The molecule has 0 saturated heterocycles. The molecule has 0 atom stereocenters. The third-order valence-electron chi connectivity index (χ3n) is 5.64. The van der Waals surface area contributed by atoms with Gasteiger partial charge in [-0.05, 0) is 57.1 Å². The Morgan fingerprint density at radius 2 is 1.88 bits per heavy atom. The first-order valence-corrected chi connectivity index (χ1v) is 12.4. The first-order valence-electron chi connectivity index (χ1n) is 11.2. The Balaban J connectivity index is 1.29. The van der Waals surface area contributed by atoms with E-state index in [1.54, 1.807) is 18.5 Å². The van der Waals surface area contributed by atoms with Gasteiger partial charge in [0.15, 0.2) is 11.6 Å². The fourth-order valence-electron chi connectivity index (χ4n) is 3.78. The second kappa shape index (κ2) is 9.58. The molecule has 5 rings (SSSR count). The smallest absolute Gasteiger partial charge is 0.226 e. The van der Waals surface area contributed by atoms with Crippen LogP contribution in [0.3, 0.4) is 0 Å². The second-order valence-corrected chi connectivity index (χ2v) is 10.00. The number of rotatable bonds is 8. The third kappa shape index (κ3) is 5.30. The standard InChI is InChI=1S/C23H26ClN5O2S/c1-14-18(30-16-5-3-2-4-6-16)13-26-22(28-14)21-15(11-19(24)32-21)12-27-23-25-10-9-20(29-23)31-17-7-8-17/h9-11,13,16-17H,2-8,12H2,1H3,(H,25,27,29). The number of aryl methyl sites for hydroxylation is 1. The minimum Gasteiger partial charge on any atom is -0.487 e. The molecule has 3 heterocycles. The highest BCUT2D eigenvalue weighted by molar-refractivity contribution is 7.19. The molecule has 2 saturated carbocycles. The van der Waals surface area contributed by atoms with Crippen LogP contribution in [0.25, 0.3) is 10.7 Å². The van der Waals surface area contributed by atoms with Gasteiger partial charge in [-0.25, -0.2) is 15.0 Å². The SMILES string of the molecule is Cc1nc(-c2sc(Cl)cc2CNc2nccc(OC3CC3)n2)ncc1OC1CCCCC1. The predicted octanol–water partition coefficient (Wildman–Crippen LogP) is 5.82. The average Bonchev–Trinajstić information content (AvgIpc) is 3.53. The predicted molar refractivity (Wildman–Crippen MR) is 126 cm³/mol. The highest BCUT2D eigenvalue weighted by Crippen LogP contribution is 2.35. The van der Waals surface area contributed by atoms with Crippen molar-refractivity contribution < 1.29 is 9.47 Å². The normalized spacial score (nSPS) is 16.7. The maximum atomic E-state index is 6.35. The van der Waals surface area contributed by atoms with Gasteiger partial charge in [-0.1, -0.05) is 18.0 Å². The summed E-state index contributed by atoms with van der Waals surface area (Å²) in [7, 11) is 0. The Morgan fingerprint density at radius 1 is 1.06 bits per heavy atom. The third-order valence-corrected chi connectivity index (χ3v) is 6.94. The molecule has 2 aliphatic carbocycles. The van der Waals surface area contributed by atoms with E-state index in [9.17, 15) is 0 Å². The quantitative estimate of drug-likeness (QED) is 0.443. The fraction of sp³-hybridized carbons (Fsp3) is 0.478. The lowest BCUT2D eigenvalue weighted by atomic mass is 9.98. The van der Waals surface area contributed by atoms with Gasteiger partial charge in [0.2, 0.25) is 11.8 Å².